The SMILES string of the molecule is Cc1ncc(-c2ccn3ncc(-c4ccnc(N5CCOCC5)c4)c3n2)cn1. The van der Waals surface area contributed by atoms with Gasteiger partial charge in [0.05, 0.1) is 25.1 Å². The number of morpholine rings is 1. The van der Waals surface area contributed by atoms with E-state index in [1.807, 2.05) is 37.6 Å². The molecule has 1 saturated heterocycles. The third kappa shape index (κ3) is 3.07. The topological polar surface area (TPSA) is 81.3 Å². The van der Waals surface area contributed by atoms with Crippen molar-refractivity contribution in [2.45, 2.75) is 6.92 Å². The Morgan fingerprint density at radius 1 is 0.964 bits per heavy atom. The minimum absolute atomic E-state index is 0.728. The third-order valence-electron chi connectivity index (χ3n) is 4.84. The number of hydrogen-bond donors (Lipinski definition) is 0. The molecule has 0 radical (unpaired) electrons. The van der Waals surface area contributed by atoms with Gasteiger partial charge < -0.3 is 9.64 Å². The number of pyridine rings is 1. The van der Waals surface area contributed by atoms with Crippen molar-refractivity contribution in [1.29, 1.82) is 0 Å². The van der Waals surface area contributed by atoms with Crippen LogP contribution in [-0.4, -0.2) is 55.9 Å². The Labute approximate surface area is 161 Å². The summed E-state index contributed by atoms with van der Waals surface area (Å²) in [5.41, 5.74) is 4.49. The monoisotopic (exact) mass is 373 g/mol. The van der Waals surface area contributed by atoms with Gasteiger partial charge in [-0.2, -0.15) is 5.10 Å². The van der Waals surface area contributed by atoms with Crippen LogP contribution in [0.1, 0.15) is 5.82 Å². The van der Waals surface area contributed by atoms with E-state index in [1.54, 1.807) is 16.9 Å². The van der Waals surface area contributed by atoms with Crippen LogP contribution in [0.5, 0.6) is 0 Å². The molecule has 4 aromatic heterocycles. The zero-order valence-electron chi connectivity index (χ0n) is 15.5. The van der Waals surface area contributed by atoms with Gasteiger partial charge in [-0.3, -0.25) is 0 Å². The molecule has 0 N–H and O–H groups in total. The molecular weight excluding hydrogens is 354 g/mol. The second-order valence-corrected chi connectivity index (χ2v) is 6.66. The van der Waals surface area contributed by atoms with E-state index in [4.69, 9.17) is 9.72 Å². The molecule has 5 heterocycles. The molecule has 1 aliphatic heterocycles. The summed E-state index contributed by atoms with van der Waals surface area (Å²) in [7, 11) is 0. The van der Waals surface area contributed by atoms with Crippen LogP contribution in [0.25, 0.3) is 28.0 Å². The first-order valence-corrected chi connectivity index (χ1v) is 9.20. The van der Waals surface area contributed by atoms with Gasteiger partial charge in [-0.05, 0) is 30.7 Å². The van der Waals surface area contributed by atoms with E-state index in [-0.39, 0.29) is 0 Å². The molecule has 28 heavy (non-hydrogen) atoms. The van der Waals surface area contributed by atoms with Crippen molar-refractivity contribution >= 4 is 11.5 Å². The maximum atomic E-state index is 5.44. The van der Waals surface area contributed by atoms with Crippen molar-refractivity contribution in [3.05, 3.63) is 55.0 Å². The van der Waals surface area contributed by atoms with Gasteiger partial charge in [-0.15, -0.1) is 0 Å². The fourth-order valence-electron chi connectivity index (χ4n) is 3.31. The van der Waals surface area contributed by atoms with Crippen molar-refractivity contribution in [2.75, 3.05) is 31.2 Å². The van der Waals surface area contributed by atoms with Crippen LogP contribution in [0.4, 0.5) is 5.82 Å². The van der Waals surface area contributed by atoms with Crippen LogP contribution < -0.4 is 4.90 Å². The molecule has 0 atom stereocenters. The lowest BCUT2D eigenvalue weighted by atomic mass is 10.1. The van der Waals surface area contributed by atoms with Crippen LogP contribution in [0.2, 0.25) is 0 Å². The average molecular weight is 373 g/mol. The van der Waals surface area contributed by atoms with E-state index in [2.05, 4.69) is 31.0 Å². The lowest BCUT2D eigenvalue weighted by molar-refractivity contribution is 0.122. The van der Waals surface area contributed by atoms with E-state index in [9.17, 15) is 0 Å². The Morgan fingerprint density at radius 3 is 2.61 bits per heavy atom. The first kappa shape index (κ1) is 16.8. The van der Waals surface area contributed by atoms with Crippen molar-refractivity contribution in [3.8, 4) is 22.4 Å². The maximum Gasteiger partial charge on any atom is 0.163 e. The van der Waals surface area contributed by atoms with Gasteiger partial charge in [-0.1, -0.05) is 0 Å². The average Bonchev–Trinajstić information content (AvgIpc) is 3.18. The molecule has 0 unspecified atom stereocenters. The Balaban J connectivity index is 1.55. The fourth-order valence-corrected chi connectivity index (χ4v) is 3.31. The Bertz CT molecular complexity index is 1120. The van der Waals surface area contributed by atoms with Gasteiger partial charge in [0, 0.05) is 49.0 Å². The van der Waals surface area contributed by atoms with E-state index in [0.29, 0.717) is 0 Å². The lowest BCUT2D eigenvalue weighted by Crippen LogP contribution is -2.36. The molecule has 0 spiro atoms. The van der Waals surface area contributed by atoms with Crippen LogP contribution in [0.15, 0.2) is 49.2 Å². The molecule has 1 fully saturated rings. The number of anilines is 1. The van der Waals surface area contributed by atoms with Crippen LogP contribution in [0.3, 0.4) is 0 Å². The first-order valence-electron chi connectivity index (χ1n) is 9.20. The summed E-state index contributed by atoms with van der Waals surface area (Å²) in [4.78, 5) is 20.1. The van der Waals surface area contributed by atoms with E-state index < -0.39 is 0 Å². The predicted molar refractivity (Wildman–Crippen MR) is 105 cm³/mol. The highest BCUT2D eigenvalue weighted by molar-refractivity contribution is 5.79. The highest BCUT2D eigenvalue weighted by Crippen LogP contribution is 2.27. The molecule has 8 heteroatoms. The minimum atomic E-state index is 0.728. The summed E-state index contributed by atoms with van der Waals surface area (Å²) in [6.07, 6.45) is 9.17. The fraction of sp³-hybridized carbons (Fsp3) is 0.250. The van der Waals surface area contributed by atoms with Crippen molar-refractivity contribution in [1.82, 2.24) is 29.5 Å². The molecule has 140 valence electrons. The normalized spacial score (nSPS) is 14.5. The summed E-state index contributed by atoms with van der Waals surface area (Å²) in [5, 5.41) is 4.46. The molecule has 1 aliphatic rings. The smallest absolute Gasteiger partial charge is 0.163 e. The van der Waals surface area contributed by atoms with E-state index in [1.165, 1.54) is 0 Å². The molecule has 0 saturated carbocycles. The van der Waals surface area contributed by atoms with Gasteiger partial charge >= 0.3 is 0 Å². The molecule has 4 aromatic rings. The molecule has 0 bridgehead atoms. The summed E-state index contributed by atoms with van der Waals surface area (Å²) in [5.74, 6) is 1.69. The summed E-state index contributed by atoms with van der Waals surface area (Å²) >= 11 is 0. The number of aromatic nitrogens is 6. The Morgan fingerprint density at radius 2 is 1.79 bits per heavy atom. The van der Waals surface area contributed by atoms with E-state index >= 15 is 0 Å². The van der Waals surface area contributed by atoms with Crippen molar-refractivity contribution in [3.63, 3.8) is 0 Å². The molecule has 0 aliphatic carbocycles. The number of hydrogen-bond acceptors (Lipinski definition) is 7. The second-order valence-electron chi connectivity index (χ2n) is 6.66. The summed E-state index contributed by atoms with van der Waals surface area (Å²) in [6.45, 7) is 5.02. The number of fused-ring (bicyclic) bond motifs is 1. The first-order chi connectivity index (χ1) is 13.8. The molecule has 0 aromatic carbocycles. The highest BCUT2D eigenvalue weighted by Gasteiger charge is 2.15. The quantitative estimate of drug-likeness (QED) is 0.545. The van der Waals surface area contributed by atoms with Gasteiger partial charge in [0.25, 0.3) is 0 Å². The lowest BCUT2D eigenvalue weighted by Gasteiger charge is -2.27. The Kier molecular flexibility index (Phi) is 4.17. The number of aryl methyl sites for hydroxylation is 1. The summed E-state index contributed by atoms with van der Waals surface area (Å²) < 4.78 is 7.22. The zero-order chi connectivity index (χ0) is 18.9. The van der Waals surface area contributed by atoms with Gasteiger partial charge in [0.1, 0.15) is 11.6 Å². The highest BCUT2D eigenvalue weighted by atomic mass is 16.5. The third-order valence-corrected chi connectivity index (χ3v) is 4.84. The standard InChI is InChI=1S/C20H19N7O/c1-14-22-11-16(12-23-14)18-3-5-27-20(25-18)17(13-24-27)15-2-4-21-19(10-15)26-6-8-28-9-7-26/h2-5,10-13H,6-9H2,1H3. The summed E-state index contributed by atoms with van der Waals surface area (Å²) in [6, 6.07) is 6.00. The van der Waals surface area contributed by atoms with Gasteiger partial charge in [0.15, 0.2) is 5.65 Å². The number of ether oxygens (including phenoxy) is 1. The molecule has 0 amide bonds. The van der Waals surface area contributed by atoms with Crippen LogP contribution >= 0.6 is 0 Å². The second kappa shape index (κ2) is 6.97. The van der Waals surface area contributed by atoms with Crippen LogP contribution in [-0.2, 0) is 4.74 Å². The predicted octanol–water partition coefficient (Wildman–Crippen LogP) is 2.39. The van der Waals surface area contributed by atoms with E-state index in [0.717, 1.165) is 66.0 Å². The van der Waals surface area contributed by atoms with Crippen molar-refractivity contribution in [2.24, 2.45) is 0 Å². The van der Waals surface area contributed by atoms with Crippen LogP contribution in [0, 0.1) is 6.92 Å². The molecular formula is C20H19N7O. The molecule has 5 rings (SSSR count). The minimum Gasteiger partial charge on any atom is -0.378 e. The van der Waals surface area contributed by atoms with Gasteiger partial charge in [-0.25, -0.2) is 24.5 Å². The maximum absolute atomic E-state index is 5.44. The van der Waals surface area contributed by atoms with Gasteiger partial charge in [0.2, 0.25) is 0 Å². The van der Waals surface area contributed by atoms with Crippen molar-refractivity contribution < 1.29 is 4.74 Å². The Hall–Kier alpha value is -3.39. The molecule has 8 nitrogen and oxygen atoms in total. The number of rotatable bonds is 3. The zero-order valence-corrected chi connectivity index (χ0v) is 15.5. The number of nitrogens with zero attached hydrogens (tertiary/aromatic N) is 7. The largest absolute Gasteiger partial charge is 0.378 e.